The summed E-state index contributed by atoms with van der Waals surface area (Å²) in [6.07, 6.45) is 11.3. The molecule has 86 valence electrons. The maximum atomic E-state index is 5.18. The molecule has 0 aliphatic heterocycles. The molecule has 0 radical (unpaired) electrons. The van der Waals surface area contributed by atoms with E-state index < -0.39 is 0 Å². The summed E-state index contributed by atoms with van der Waals surface area (Å²) >= 11 is 0. The Bertz CT molecular complexity index is 337. The maximum Gasteiger partial charge on any atom is 0.118 e. The first-order chi connectivity index (χ1) is 7.90. The molecule has 0 saturated heterocycles. The van der Waals surface area contributed by atoms with Crippen molar-refractivity contribution in [3.05, 3.63) is 42.0 Å². The Morgan fingerprint density at radius 3 is 2.62 bits per heavy atom. The lowest BCUT2D eigenvalue weighted by Crippen LogP contribution is -1.97. The zero-order chi connectivity index (χ0) is 11.2. The van der Waals surface area contributed by atoms with Crippen LogP contribution in [0.3, 0.4) is 0 Å². The van der Waals surface area contributed by atoms with E-state index in [9.17, 15) is 0 Å². The quantitative estimate of drug-likeness (QED) is 0.670. The summed E-state index contributed by atoms with van der Waals surface area (Å²) in [6.45, 7) is 0. The van der Waals surface area contributed by atoms with Crippen molar-refractivity contribution in [3.8, 4) is 5.75 Å². The van der Waals surface area contributed by atoms with Gasteiger partial charge in [0.05, 0.1) is 7.11 Å². The number of methoxy groups -OCH3 is 1. The molecular formula is C15H20O. The van der Waals surface area contributed by atoms with Gasteiger partial charge in [0, 0.05) is 5.92 Å². The molecule has 0 saturated carbocycles. The molecule has 0 fully saturated rings. The number of rotatable bonds is 2. The smallest absolute Gasteiger partial charge is 0.118 e. The van der Waals surface area contributed by atoms with E-state index in [4.69, 9.17) is 4.74 Å². The lowest BCUT2D eigenvalue weighted by atomic mass is 9.90. The maximum absolute atomic E-state index is 5.18. The van der Waals surface area contributed by atoms with Gasteiger partial charge in [0.2, 0.25) is 0 Å². The summed E-state index contributed by atoms with van der Waals surface area (Å²) in [7, 11) is 1.71. The van der Waals surface area contributed by atoms with Crippen molar-refractivity contribution in [2.75, 3.05) is 7.11 Å². The standard InChI is InChI=1S/C15H20O/c1-16-15-11-9-14(10-12-15)13-7-5-3-2-4-6-8-13/h5,7,9-13H,2-4,6,8H2,1H3/b7-5-. The molecule has 1 nitrogen and oxygen atoms in total. The Hall–Kier alpha value is -1.24. The van der Waals surface area contributed by atoms with Gasteiger partial charge in [0.1, 0.15) is 5.75 Å². The summed E-state index contributed by atoms with van der Waals surface area (Å²) in [5.41, 5.74) is 1.42. The average molecular weight is 216 g/mol. The predicted octanol–water partition coefficient (Wildman–Crippen LogP) is 4.30. The van der Waals surface area contributed by atoms with Gasteiger partial charge in [0.15, 0.2) is 0 Å². The first-order valence-electron chi connectivity index (χ1n) is 6.21. The molecule has 0 aromatic heterocycles. The van der Waals surface area contributed by atoms with E-state index in [2.05, 4.69) is 36.4 Å². The minimum atomic E-state index is 0.603. The Labute approximate surface area is 98.1 Å². The summed E-state index contributed by atoms with van der Waals surface area (Å²) < 4.78 is 5.18. The molecule has 1 heteroatoms. The van der Waals surface area contributed by atoms with Crippen LogP contribution in [0.25, 0.3) is 0 Å². The summed E-state index contributed by atoms with van der Waals surface area (Å²) in [5, 5.41) is 0. The second kappa shape index (κ2) is 5.74. The second-order valence-corrected chi connectivity index (χ2v) is 4.45. The van der Waals surface area contributed by atoms with Crippen LogP contribution in [0.15, 0.2) is 36.4 Å². The monoisotopic (exact) mass is 216 g/mol. The van der Waals surface area contributed by atoms with E-state index in [1.54, 1.807) is 7.11 Å². The van der Waals surface area contributed by atoms with Crippen molar-refractivity contribution in [1.29, 1.82) is 0 Å². The van der Waals surface area contributed by atoms with Gasteiger partial charge in [-0.2, -0.15) is 0 Å². The van der Waals surface area contributed by atoms with Crippen LogP contribution in [0.4, 0.5) is 0 Å². The molecule has 1 atom stereocenters. The van der Waals surface area contributed by atoms with Crippen molar-refractivity contribution < 1.29 is 4.74 Å². The molecule has 0 bridgehead atoms. The van der Waals surface area contributed by atoms with E-state index in [1.165, 1.54) is 37.7 Å². The Balaban J connectivity index is 2.11. The predicted molar refractivity (Wildman–Crippen MR) is 68.0 cm³/mol. The third-order valence-electron chi connectivity index (χ3n) is 3.30. The number of allylic oxidation sites excluding steroid dienone is 2. The summed E-state index contributed by atoms with van der Waals surface area (Å²) in [4.78, 5) is 0. The van der Waals surface area contributed by atoms with Crippen molar-refractivity contribution in [2.45, 2.75) is 38.0 Å². The van der Waals surface area contributed by atoms with E-state index in [-0.39, 0.29) is 0 Å². The molecule has 1 unspecified atom stereocenters. The van der Waals surface area contributed by atoms with Crippen molar-refractivity contribution >= 4 is 0 Å². The van der Waals surface area contributed by atoms with Crippen LogP contribution in [-0.2, 0) is 0 Å². The third-order valence-corrected chi connectivity index (χ3v) is 3.30. The fraction of sp³-hybridized carbons (Fsp3) is 0.467. The van der Waals surface area contributed by atoms with Crippen LogP contribution in [-0.4, -0.2) is 7.11 Å². The number of ether oxygens (including phenoxy) is 1. The minimum absolute atomic E-state index is 0.603. The van der Waals surface area contributed by atoms with Crippen molar-refractivity contribution in [1.82, 2.24) is 0 Å². The molecule has 2 rings (SSSR count). The highest BCUT2D eigenvalue weighted by atomic mass is 16.5. The van der Waals surface area contributed by atoms with Gasteiger partial charge in [-0.3, -0.25) is 0 Å². The molecule has 1 aromatic carbocycles. The minimum Gasteiger partial charge on any atom is -0.497 e. The average Bonchev–Trinajstić information content (AvgIpc) is 2.29. The van der Waals surface area contributed by atoms with Gasteiger partial charge < -0.3 is 4.74 Å². The Morgan fingerprint density at radius 2 is 1.88 bits per heavy atom. The largest absolute Gasteiger partial charge is 0.497 e. The van der Waals surface area contributed by atoms with Gasteiger partial charge in [0.25, 0.3) is 0 Å². The molecule has 0 amide bonds. The molecule has 0 heterocycles. The number of hydrogen-bond acceptors (Lipinski definition) is 1. The fourth-order valence-corrected chi connectivity index (χ4v) is 2.29. The Morgan fingerprint density at radius 1 is 1.06 bits per heavy atom. The van der Waals surface area contributed by atoms with E-state index in [1.807, 2.05) is 0 Å². The van der Waals surface area contributed by atoms with Crippen molar-refractivity contribution in [3.63, 3.8) is 0 Å². The van der Waals surface area contributed by atoms with E-state index >= 15 is 0 Å². The zero-order valence-electron chi connectivity index (χ0n) is 9.99. The lowest BCUT2D eigenvalue weighted by Gasteiger charge is -2.15. The number of benzene rings is 1. The highest BCUT2D eigenvalue weighted by Crippen LogP contribution is 2.27. The molecule has 0 spiro atoms. The van der Waals surface area contributed by atoms with Crippen LogP contribution in [0.5, 0.6) is 5.75 Å². The third kappa shape index (κ3) is 2.88. The van der Waals surface area contributed by atoms with Crippen LogP contribution in [0.1, 0.15) is 43.6 Å². The molecular weight excluding hydrogens is 196 g/mol. The van der Waals surface area contributed by atoms with E-state index in [0.29, 0.717) is 5.92 Å². The lowest BCUT2D eigenvalue weighted by molar-refractivity contribution is 0.414. The number of hydrogen-bond donors (Lipinski definition) is 0. The van der Waals surface area contributed by atoms with Crippen LogP contribution < -0.4 is 4.74 Å². The SMILES string of the molecule is COc1ccc(C2/C=C\CCCCC2)cc1. The van der Waals surface area contributed by atoms with Crippen LogP contribution in [0, 0.1) is 0 Å². The van der Waals surface area contributed by atoms with Gasteiger partial charge in [-0.15, -0.1) is 0 Å². The van der Waals surface area contributed by atoms with E-state index in [0.717, 1.165) is 5.75 Å². The highest BCUT2D eigenvalue weighted by Gasteiger charge is 2.09. The molecule has 16 heavy (non-hydrogen) atoms. The van der Waals surface area contributed by atoms with Gasteiger partial charge in [-0.05, 0) is 37.0 Å². The fourth-order valence-electron chi connectivity index (χ4n) is 2.29. The van der Waals surface area contributed by atoms with Crippen LogP contribution in [0.2, 0.25) is 0 Å². The van der Waals surface area contributed by atoms with Crippen molar-refractivity contribution in [2.24, 2.45) is 0 Å². The summed E-state index contributed by atoms with van der Waals surface area (Å²) in [6, 6.07) is 8.49. The first-order valence-corrected chi connectivity index (χ1v) is 6.21. The van der Waals surface area contributed by atoms with Gasteiger partial charge in [-0.25, -0.2) is 0 Å². The first kappa shape index (κ1) is 11.3. The summed E-state index contributed by atoms with van der Waals surface area (Å²) in [5.74, 6) is 1.55. The van der Waals surface area contributed by atoms with Crippen LogP contribution >= 0.6 is 0 Å². The second-order valence-electron chi connectivity index (χ2n) is 4.45. The normalized spacial score (nSPS) is 23.2. The topological polar surface area (TPSA) is 9.23 Å². The molecule has 1 aliphatic rings. The highest BCUT2D eigenvalue weighted by molar-refractivity contribution is 5.31. The molecule has 0 N–H and O–H groups in total. The van der Waals surface area contributed by atoms with Gasteiger partial charge >= 0.3 is 0 Å². The molecule has 1 aliphatic carbocycles. The zero-order valence-corrected chi connectivity index (χ0v) is 9.99. The van der Waals surface area contributed by atoms with Gasteiger partial charge in [-0.1, -0.05) is 37.1 Å². The molecule has 1 aromatic rings. The Kier molecular flexibility index (Phi) is 4.03.